The van der Waals surface area contributed by atoms with Gasteiger partial charge in [0.05, 0.1) is 13.1 Å². The fourth-order valence-electron chi connectivity index (χ4n) is 6.25. The molecule has 0 saturated carbocycles. The molecule has 0 unspecified atom stereocenters. The highest BCUT2D eigenvalue weighted by Crippen LogP contribution is 2.32. The highest BCUT2D eigenvalue weighted by Gasteiger charge is 2.50. The number of hydrogen-bond donors (Lipinski definition) is 1. The van der Waals surface area contributed by atoms with Gasteiger partial charge in [-0.2, -0.15) is 0 Å². The van der Waals surface area contributed by atoms with Gasteiger partial charge in [0, 0.05) is 25.6 Å². The molecule has 4 amide bonds. The van der Waals surface area contributed by atoms with Crippen LogP contribution < -0.4 is 5.32 Å². The summed E-state index contributed by atoms with van der Waals surface area (Å²) in [5.74, 6) is -0.0176. The Kier molecular flexibility index (Phi) is 9.54. The van der Waals surface area contributed by atoms with Crippen LogP contribution in [0.15, 0.2) is 91.0 Å². The Labute approximate surface area is 248 Å². The number of likely N-dealkylation sites (N-methyl/N-ethyl adjacent to an activating group) is 1. The Morgan fingerprint density at radius 2 is 1.48 bits per heavy atom. The van der Waals surface area contributed by atoms with Gasteiger partial charge in [-0.15, -0.1) is 0 Å². The number of urea groups is 1. The first-order chi connectivity index (χ1) is 20.5. The van der Waals surface area contributed by atoms with Crippen LogP contribution in [0.5, 0.6) is 0 Å². The van der Waals surface area contributed by atoms with E-state index in [1.807, 2.05) is 85.5 Å². The molecule has 8 nitrogen and oxygen atoms in total. The van der Waals surface area contributed by atoms with E-state index >= 15 is 0 Å². The number of fused-ring (bicyclic) bond motifs is 1. The van der Waals surface area contributed by atoms with Gasteiger partial charge in [-0.05, 0) is 29.5 Å². The predicted molar refractivity (Wildman–Crippen MR) is 163 cm³/mol. The number of nitrogens with one attached hydrogen (secondary N) is 1. The Morgan fingerprint density at radius 3 is 2.05 bits per heavy atom. The van der Waals surface area contributed by atoms with Crippen LogP contribution in [0, 0.1) is 0 Å². The minimum Gasteiger partial charge on any atom is -0.337 e. The summed E-state index contributed by atoms with van der Waals surface area (Å²) >= 11 is 0. The maximum Gasteiger partial charge on any atom is 0.334 e. The molecule has 2 aliphatic rings. The normalized spacial score (nSPS) is 19.3. The van der Waals surface area contributed by atoms with E-state index in [0.717, 1.165) is 18.4 Å². The maximum atomic E-state index is 13.9. The zero-order chi connectivity index (χ0) is 29.5. The molecule has 0 aliphatic carbocycles. The lowest BCUT2D eigenvalue weighted by molar-refractivity contribution is -0.190. The molecule has 0 bridgehead atoms. The fourth-order valence-corrected chi connectivity index (χ4v) is 6.25. The number of piperazine rings is 1. The smallest absolute Gasteiger partial charge is 0.334 e. The molecule has 0 radical (unpaired) electrons. The van der Waals surface area contributed by atoms with Gasteiger partial charge >= 0.3 is 6.03 Å². The van der Waals surface area contributed by atoms with E-state index < -0.39 is 12.2 Å². The molecule has 220 valence electrons. The maximum absolute atomic E-state index is 13.9. The van der Waals surface area contributed by atoms with Gasteiger partial charge < -0.3 is 15.1 Å². The lowest BCUT2D eigenvalue weighted by atomic mass is 9.88. The van der Waals surface area contributed by atoms with Crippen molar-refractivity contribution >= 4 is 17.8 Å². The van der Waals surface area contributed by atoms with E-state index in [1.54, 1.807) is 14.9 Å². The van der Waals surface area contributed by atoms with Crippen molar-refractivity contribution < 1.29 is 14.4 Å². The second kappa shape index (κ2) is 13.7. The van der Waals surface area contributed by atoms with Crippen LogP contribution in [0.3, 0.4) is 0 Å². The molecule has 42 heavy (non-hydrogen) atoms. The largest absolute Gasteiger partial charge is 0.337 e. The van der Waals surface area contributed by atoms with Crippen LogP contribution in [0.25, 0.3) is 0 Å². The molecule has 8 heteroatoms. The van der Waals surface area contributed by atoms with Crippen molar-refractivity contribution in [3.05, 3.63) is 108 Å². The first kappa shape index (κ1) is 29.3. The first-order valence-electron chi connectivity index (χ1n) is 15.1. The summed E-state index contributed by atoms with van der Waals surface area (Å²) < 4.78 is 0. The molecule has 0 spiro atoms. The van der Waals surface area contributed by atoms with Gasteiger partial charge in [-0.3, -0.25) is 9.59 Å². The van der Waals surface area contributed by atoms with Crippen LogP contribution >= 0.6 is 0 Å². The average molecular weight is 568 g/mol. The van der Waals surface area contributed by atoms with Gasteiger partial charge in [0.1, 0.15) is 12.2 Å². The third kappa shape index (κ3) is 6.34. The van der Waals surface area contributed by atoms with Crippen molar-refractivity contribution in [2.24, 2.45) is 0 Å². The summed E-state index contributed by atoms with van der Waals surface area (Å²) in [5, 5.41) is 6.53. The molecule has 3 aromatic carbocycles. The first-order valence-corrected chi connectivity index (χ1v) is 15.1. The molecule has 5 rings (SSSR count). The number of hydrogen-bond acceptors (Lipinski definition) is 4. The van der Waals surface area contributed by atoms with E-state index in [1.165, 1.54) is 11.1 Å². The van der Waals surface area contributed by atoms with Crippen molar-refractivity contribution in [1.82, 2.24) is 25.1 Å². The molecule has 3 aromatic rings. The quantitative estimate of drug-likeness (QED) is 0.381. The van der Waals surface area contributed by atoms with Gasteiger partial charge in [0.15, 0.2) is 0 Å². The van der Waals surface area contributed by atoms with Gasteiger partial charge in [0.2, 0.25) is 11.8 Å². The monoisotopic (exact) mass is 567 g/mol. The van der Waals surface area contributed by atoms with Crippen molar-refractivity contribution in [2.75, 3.05) is 26.2 Å². The Balaban J connectivity index is 1.40. The second-order valence-corrected chi connectivity index (χ2v) is 11.0. The van der Waals surface area contributed by atoms with Crippen LogP contribution in [0.4, 0.5) is 4.79 Å². The van der Waals surface area contributed by atoms with E-state index in [4.69, 9.17) is 0 Å². The lowest BCUT2D eigenvalue weighted by Crippen LogP contribution is -2.76. The summed E-state index contributed by atoms with van der Waals surface area (Å²) in [5.41, 5.74) is 3.40. The van der Waals surface area contributed by atoms with Crippen LogP contribution in [-0.2, 0) is 16.1 Å². The zero-order valence-corrected chi connectivity index (χ0v) is 24.6. The molecule has 0 aromatic heterocycles. The molecule has 2 saturated heterocycles. The molecular formula is C34H41N5O3. The van der Waals surface area contributed by atoms with E-state index in [0.29, 0.717) is 26.1 Å². The molecule has 2 atom stereocenters. The number of hydrazine groups is 1. The van der Waals surface area contributed by atoms with Gasteiger partial charge in [-0.25, -0.2) is 14.8 Å². The predicted octanol–water partition coefficient (Wildman–Crippen LogP) is 4.84. The van der Waals surface area contributed by atoms with Crippen molar-refractivity contribution in [1.29, 1.82) is 0 Å². The van der Waals surface area contributed by atoms with Crippen LogP contribution in [-0.4, -0.2) is 76.0 Å². The minimum absolute atomic E-state index is 0.0316. The molecule has 2 aliphatic heterocycles. The average Bonchev–Trinajstić information content (AvgIpc) is 3.03. The third-order valence-electron chi connectivity index (χ3n) is 8.34. The Morgan fingerprint density at radius 1 is 0.881 bits per heavy atom. The van der Waals surface area contributed by atoms with Crippen LogP contribution in [0.2, 0.25) is 0 Å². The van der Waals surface area contributed by atoms with E-state index in [2.05, 4.69) is 29.6 Å². The second-order valence-electron chi connectivity index (χ2n) is 11.0. The number of carbonyl (C=O) groups excluding carboxylic acids is 3. The number of rotatable bonds is 10. The van der Waals surface area contributed by atoms with Gasteiger partial charge in [0.25, 0.3) is 0 Å². The number of nitrogens with zero attached hydrogens (tertiary/aromatic N) is 4. The number of benzene rings is 3. The lowest BCUT2D eigenvalue weighted by Gasteiger charge is -2.55. The summed E-state index contributed by atoms with van der Waals surface area (Å²) in [6.45, 7) is 5.73. The van der Waals surface area contributed by atoms with Crippen molar-refractivity contribution in [2.45, 2.75) is 57.8 Å². The minimum atomic E-state index is -0.586. The summed E-state index contributed by atoms with van der Waals surface area (Å²) in [6.07, 6.45) is 1.49. The fraction of sp³-hybridized carbons (Fsp3) is 0.382. The highest BCUT2D eigenvalue weighted by molar-refractivity contribution is 5.91. The van der Waals surface area contributed by atoms with Crippen molar-refractivity contribution in [3.8, 4) is 0 Å². The third-order valence-corrected chi connectivity index (χ3v) is 8.34. The molecule has 2 heterocycles. The molecule has 1 N–H and O–H groups in total. The molecule has 2 fully saturated rings. The topological polar surface area (TPSA) is 76.2 Å². The Hall–Kier alpha value is -4.17. The summed E-state index contributed by atoms with van der Waals surface area (Å²) in [6, 6.07) is 29.7. The number of carbonyl (C=O) groups is 3. The number of amides is 4. The van der Waals surface area contributed by atoms with Crippen LogP contribution in [0.1, 0.15) is 55.7 Å². The van der Waals surface area contributed by atoms with Crippen molar-refractivity contribution in [3.63, 3.8) is 0 Å². The summed E-state index contributed by atoms with van der Waals surface area (Å²) in [7, 11) is 0. The summed E-state index contributed by atoms with van der Waals surface area (Å²) in [4.78, 5) is 44.7. The van der Waals surface area contributed by atoms with Gasteiger partial charge in [-0.1, -0.05) is 111 Å². The highest BCUT2D eigenvalue weighted by atomic mass is 16.2. The zero-order valence-electron chi connectivity index (χ0n) is 24.6. The van der Waals surface area contributed by atoms with E-state index in [9.17, 15) is 14.4 Å². The molecular weight excluding hydrogens is 526 g/mol. The Bertz CT molecular complexity index is 1300. The van der Waals surface area contributed by atoms with E-state index in [-0.39, 0.29) is 36.9 Å². The SMILES string of the molecule is CCC[C@H]1C(=O)N(CCC(c2ccccc2)c2ccccc2)C[C@H]2N1C(=O)CN(CC)N2C(=O)NCc1ccccc1. The standard InChI is InChI=1S/C34H41N5O3/c1-3-14-30-33(41)36(22-21-29(27-17-10-6-11-18-27)28-19-12-7-13-20-28)24-31-38(30)32(40)25-37(4-2)39(31)34(42)35-23-26-15-8-5-9-16-26/h5-13,15-20,29-31H,3-4,14,21-25H2,1-2H3,(H,35,42)/t30-,31-/m0/s1.